The molecule has 0 spiro atoms. The van der Waals surface area contributed by atoms with E-state index in [0.29, 0.717) is 28.8 Å². The van der Waals surface area contributed by atoms with Crippen molar-refractivity contribution < 1.29 is 14.1 Å². The van der Waals surface area contributed by atoms with Gasteiger partial charge in [-0.25, -0.2) is 9.48 Å². The predicted octanol–water partition coefficient (Wildman–Crippen LogP) is 2.77. The lowest BCUT2D eigenvalue weighted by molar-refractivity contribution is 0.0463. The smallest absolute Gasteiger partial charge is 0.359 e. The monoisotopic (exact) mass is 341 g/mol. The number of nitrogens with zero attached hydrogens (tertiary/aromatic N) is 3. The summed E-state index contributed by atoms with van der Waals surface area (Å²) in [5.41, 5.74) is 1.34. The Hall–Kier alpha value is -2.96. The van der Waals surface area contributed by atoms with Crippen LogP contribution in [0.5, 0.6) is 0 Å². The van der Waals surface area contributed by atoms with Crippen LogP contribution in [0.3, 0.4) is 0 Å². The molecule has 0 aliphatic rings. The summed E-state index contributed by atoms with van der Waals surface area (Å²) in [5.74, 6) is 0.0279. The van der Waals surface area contributed by atoms with E-state index in [2.05, 4.69) is 10.3 Å². The summed E-state index contributed by atoms with van der Waals surface area (Å²) in [4.78, 5) is 25.0. The summed E-state index contributed by atoms with van der Waals surface area (Å²) < 4.78 is 11.8. The lowest BCUT2D eigenvalue weighted by Gasteiger charge is -2.10. The minimum absolute atomic E-state index is 0.0446. The fourth-order valence-corrected chi connectivity index (χ4v) is 2.66. The highest BCUT2D eigenvalue weighted by molar-refractivity contribution is 6.02. The van der Waals surface area contributed by atoms with Crippen molar-refractivity contribution in [2.45, 2.75) is 40.3 Å². The largest absolute Gasteiger partial charge is 0.456 e. The Balaban J connectivity index is 1.98. The van der Waals surface area contributed by atoms with Crippen LogP contribution in [-0.4, -0.2) is 20.9 Å². The number of hydrogen-bond acceptors (Lipinski definition) is 6. The Labute approximate surface area is 144 Å². The van der Waals surface area contributed by atoms with E-state index in [1.807, 2.05) is 6.92 Å². The number of carbonyl (C=O) groups excluding carboxylic acids is 1. The molecule has 3 aromatic rings. The molecule has 7 heteroatoms. The highest BCUT2D eigenvalue weighted by Crippen LogP contribution is 2.17. The van der Waals surface area contributed by atoms with Crippen LogP contribution in [0, 0.1) is 13.8 Å². The number of fused-ring (bicyclic) bond motifs is 1. The SMILES string of the molecule is CCCn1nc(C(=O)OCc2c(C)noc2C)c2ccccc2c1=O. The summed E-state index contributed by atoms with van der Waals surface area (Å²) >= 11 is 0. The highest BCUT2D eigenvalue weighted by atomic mass is 16.5. The van der Waals surface area contributed by atoms with E-state index in [-0.39, 0.29) is 17.9 Å². The molecule has 0 atom stereocenters. The molecule has 25 heavy (non-hydrogen) atoms. The summed E-state index contributed by atoms with van der Waals surface area (Å²) in [6, 6.07) is 6.92. The lowest BCUT2D eigenvalue weighted by atomic mass is 10.1. The molecule has 2 heterocycles. The van der Waals surface area contributed by atoms with Crippen LogP contribution in [-0.2, 0) is 17.9 Å². The number of aromatic nitrogens is 3. The maximum absolute atomic E-state index is 12.6. The second-order valence-electron chi connectivity index (χ2n) is 5.80. The molecule has 130 valence electrons. The van der Waals surface area contributed by atoms with Crippen LogP contribution < -0.4 is 5.56 Å². The quantitative estimate of drug-likeness (QED) is 0.663. The van der Waals surface area contributed by atoms with E-state index < -0.39 is 5.97 Å². The summed E-state index contributed by atoms with van der Waals surface area (Å²) in [7, 11) is 0. The van der Waals surface area contributed by atoms with Crippen molar-refractivity contribution in [2.24, 2.45) is 0 Å². The van der Waals surface area contributed by atoms with Gasteiger partial charge in [0, 0.05) is 11.9 Å². The zero-order valence-corrected chi connectivity index (χ0v) is 14.4. The average Bonchev–Trinajstić information content (AvgIpc) is 2.93. The van der Waals surface area contributed by atoms with Gasteiger partial charge in [-0.15, -0.1) is 0 Å². The highest BCUT2D eigenvalue weighted by Gasteiger charge is 2.19. The second kappa shape index (κ2) is 6.88. The van der Waals surface area contributed by atoms with Crippen molar-refractivity contribution in [1.29, 1.82) is 0 Å². The third-order valence-electron chi connectivity index (χ3n) is 4.03. The number of rotatable bonds is 5. The molecule has 1 aromatic carbocycles. The van der Waals surface area contributed by atoms with Gasteiger partial charge in [-0.2, -0.15) is 5.10 Å². The number of ether oxygens (including phenoxy) is 1. The topological polar surface area (TPSA) is 87.2 Å². The van der Waals surface area contributed by atoms with E-state index in [1.165, 1.54) is 4.68 Å². The Kier molecular flexibility index (Phi) is 4.65. The van der Waals surface area contributed by atoms with E-state index in [0.717, 1.165) is 12.0 Å². The predicted molar refractivity (Wildman–Crippen MR) is 91.4 cm³/mol. The van der Waals surface area contributed by atoms with Gasteiger partial charge in [0.15, 0.2) is 5.69 Å². The van der Waals surface area contributed by atoms with Gasteiger partial charge in [-0.1, -0.05) is 30.3 Å². The van der Waals surface area contributed by atoms with E-state index in [9.17, 15) is 9.59 Å². The Morgan fingerprint density at radius 1 is 1.24 bits per heavy atom. The van der Waals surface area contributed by atoms with Crippen LogP contribution >= 0.6 is 0 Å². The van der Waals surface area contributed by atoms with Crippen molar-refractivity contribution in [2.75, 3.05) is 0 Å². The first-order valence-electron chi connectivity index (χ1n) is 8.11. The number of carbonyl (C=O) groups is 1. The normalized spacial score (nSPS) is 11.0. The van der Waals surface area contributed by atoms with Crippen molar-refractivity contribution >= 4 is 16.7 Å². The second-order valence-corrected chi connectivity index (χ2v) is 5.80. The Bertz CT molecular complexity index is 968. The molecule has 3 rings (SSSR count). The van der Waals surface area contributed by atoms with Crippen molar-refractivity contribution in [3.8, 4) is 0 Å². The van der Waals surface area contributed by atoms with E-state index in [1.54, 1.807) is 38.1 Å². The van der Waals surface area contributed by atoms with Gasteiger partial charge >= 0.3 is 5.97 Å². The molecule has 2 aromatic heterocycles. The minimum atomic E-state index is -0.582. The maximum Gasteiger partial charge on any atom is 0.359 e. The third-order valence-corrected chi connectivity index (χ3v) is 4.03. The number of esters is 1. The first kappa shape index (κ1) is 16.9. The summed E-state index contributed by atoms with van der Waals surface area (Å²) in [6.07, 6.45) is 0.735. The minimum Gasteiger partial charge on any atom is -0.456 e. The number of benzene rings is 1. The molecule has 0 N–H and O–H groups in total. The van der Waals surface area contributed by atoms with Gasteiger partial charge in [-0.05, 0) is 26.3 Å². The molecule has 0 bridgehead atoms. The third kappa shape index (κ3) is 3.17. The number of aryl methyl sites for hydroxylation is 3. The molecule has 0 saturated heterocycles. The van der Waals surface area contributed by atoms with Crippen molar-refractivity contribution in [3.63, 3.8) is 0 Å². The fraction of sp³-hybridized carbons (Fsp3) is 0.333. The molecule has 0 radical (unpaired) electrons. The van der Waals surface area contributed by atoms with Crippen LogP contribution in [0.15, 0.2) is 33.6 Å². The summed E-state index contributed by atoms with van der Waals surface area (Å²) in [6.45, 7) is 5.97. The fourth-order valence-electron chi connectivity index (χ4n) is 2.66. The molecule has 0 aliphatic heterocycles. The Morgan fingerprint density at radius 2 is 1.96 bits per heavy atom. The molecule has 0 unspecified atom stereocenters. The van der Waals surface area contributed by atoms with Crippen LogP contribution in [0.2, 0.25) is 0 Å². The van der Waals surface area contributed by atoms with Gasteiger partial charge in [0.25, 0.3) is 5.56 Å². The van der Waals surface area contributed by atoms with Gasteiger partial charge < -0.3 is 9.26 Å². The van der Waals surface area contributed by atoms with Crippen LogP contribution in [0.4, 0.5) is 0 Å². The molecule has 0 saturated carbocycles. The molecule has 0 aliphatic carbocycles. The van der Waals surface area contributed by atoms with Gasteiger partial charge in [0.2, 0.25) is 0 Å². The zero-order valence-electron chi connectivity index (χ0n) is 14.4. The van der Waals surface area contributed by atoms with Crippen LogP contribution in [0.1, 0.15) is 40.9 Å². The molecular weight excluding hydrogens is 322 g/mol. The number of hydrogen-bond donors (Lipinski definition) is 0. The average molecular weight is 341 g/mol. The van der Waals surface area contributed by atoms with Crippen LogP contribution in [0.25, 0.3) is 10.8 Å². The Morgan fingerprint density at radius 3 is 2.60 bits per heavy atom. The van der Waals surface area contributed by atoms with Crippen molar-refractivity contribution in [1.82, 2.24) is 14.9 Å². The maximum atomic E-state index is 12.6. The molecular formula is C18H19N3O4. The molecule has 0 amide bonds. The molecule has 7 nitrogen and oxygen atoms in total. The first-order chi connectivity index (χ1) is 12.0. The molecule has 0 fully saturated rings. The summed E-state index contributed by atoms with van der Waals surface area (Å²) in [5, 5.41) is 9.01. The first-order valence-corrected chi connectivity index (χ1v) is 8.11. The van der Waals surface area contributed by atoms with Gasteiger partial charge in [-0.3, -0.25) is 4.79 Å². The van der Waals surface area contributed by atoms with Gasteiger partial charge in [0.1, 0.15) is 12.4 Å². The van der Waals surface area contributed by atoms with E-state index in [4.69, 9.17) is 9.26 Å². The standard InChI is InChI=1S/C18H19N3O4/c1-4-9-21-17(22)14-8-6-5-7-13(14)16(19-21)18(23)24-10-15-11(2)20-25-12(15)3/h5-8H,4,9-10H2,1-3H3. The lowest BCUT2D eigenvalue weighted by Crippen LogP contribution is -2.26. The van der Waals surface area contributed by atoms with E-state index >= 15 is 0 Å². The van der Waals surface area contributed by atoms with Gasteiger partial charge in [0.05, 0.1) is 16.6 Å². The van der Waals surface area contributed by atoms with Crippen molar-refractivity contribution in [3.05, 3.63) is 57.3 Å². The zero-order chi connectivity index (χ0) is 18.0.